The van der Waals surface area contributed by atoms with Gasteiger partial charge in [0.1, 0.15) is 0 Å². The molecule has 2 aromatic rings. The molecule has 3 rings (SSSR count). The average Bonchev–Trinajstić information content (AvgIpc) is 3.21. The zero-order chi connectivity index (χ0) is 16.3. The maximum Gasteiger partial charge on any atom is 0.265 e. The second-order valence-electron chi connectivity index (χ2n) is 5.83. The lowest BCUT2D eigenvalue weighted by Gasteiger charge is -2.22. The van der Waals surface area contributed by atoms with Crippen LogP contribution in [0.1, 0.15) is 35.4 Å². The lowest BCUT2D eigenvalue weighted by atomic mass is 9.98. The Morgan fingerprint density at radius 1 is 1.00 bits per heavy atom. The Kier molecular flexibility index (Phi) is 4.45. The summed E-state index contributed by atoms with van der Waals surface area (Å²) in [6.07, 6.45) is 3.46. The van der Waals surface area contributed by atoms with Gasteiger partial charge in [-0.3, -0.25) is 9.59 Å². The highest BCUT2D eigenvalue weighted by Crippen LogP contribution is 2.28. The summed E-state index contributed by atoms with van der Waals surface area (Å²) in [5.41, 5.74) is 6.75. The van der Waals surface area contributed by atoms with Gasteiger partial charge in [0.2, 0.25) is 5.91 Å². The molecule has 120 valence electrons. The Balaban J connectivity index is 1.61. The zero-order valence-electron chi connectivity index (χ0n) is 12.7. The van der Waals surface area contributed by atoms with Crippen molar-refractivity contribution in [1.29, 1.82) is 0 Å². The fraction of sp³-hybridized carbons (Fsp3) is 0.294. The standard InChI is InChI=1S/C17H19N3O2S/c18-17(9-1-2-10-17)16(22)20-13-7-5-12(6-8-13)19-15(21)14-4-3-11-23-14/h3-8,11H,1-2,9-10,18H2,(H,19,21)(H,20,22). The minimum Gasteiger partial charge on any atom is -0.324 e. The molecule has 5 nitrogen and oxygen atoms in total. The number of carbonyl (C=O) groups is 2. The summed E-state index contributed by atoms with van der Waals surface area (Å²) < 4.78 is 0. The van der Waals surface area contributed by atoms with E-state index in [1.54, 1.807) is 30.3 Å². The van der Waals surface area contributed by atoms with Crippen LogP contribution in [0.2, 0.25) is 0 Å². The van der Waals surface area contributed by atoms with Gasteiger partial charge in [0.05, 0.1) is 10.4 Å². The Labute approximate surface area is 138 Å². The maximum absolute atomic E-state index is 12.3. The summed E-state index contributed by atoms with van der Waals surface area (Å²) in [6.45, 7) is 0. The summed E-state index contributed by atoms with van der Waals surface area (Å²) >= 11 is 1.39. The van der Waals surface area contributed by atoms with Crippen molar-refractivity contribution < 1.29 is 9.59 Å². The van der Waals surface area contributed by atoms with Crippen molar-refractivity contribution in [2.45, 2.75) is 31.2 Å². The third-order valence-electron chi connectivity index (χ3n) is 4.09. The van der Waals surface area contributed by atoms with Gasteiger partial charge in [-0.15, -0.1) is 11.3 Å². The molecule has 1 aliphatic carbocycles. The summed E-state index contributed by atoms with van der Waals surface area (Å²) in [6, 6.07) is 10.7. The number of benzene rings is 1. The summed E-state index contributed by atoms with van der Waals surface area (Å²) in [5.74, 6) is -0.269. The fourth-order valence-corrected chi connectivity index (χ4v) is 3.34. The van der Waals surface area contributed by atoms with E-state index in [-0.39, 0.29) is 11.8 Å². The molecule has 0 spiro atoms. The smallest absolute Gasteiger partial charge is 0.265 e. The van der Waals surface area contributed by atoms with Gasteiger partial charge in [0.15, 0.2) is 0 Å². The molecule has 0 radical (unpaired) electrons. The van der Waals surface area contributed by atoms with E-state index in [1.165, 1.54) is 11.3 Å². The number of hydrogen-bond acceptors (Lipinski definition) is 4. The molecule has 1 heterocycles. The van der Waals surface area contributed by atoms with E-state index in [0.29, 0.717) is 16.3 Å². The molecule has 1 fully saturated rings. The first kappa shape index (κ1) is 15.7. The van der Waals surface area contributed by atoms with Crippen LogP contribution in [0.4, 0.5) is 11.4 Å². The Hall–Kier alpha value is -2.18. The summed E-state index contributed by atoms with van der Waals surface area (Å²) in [4.78, 5) is 24.9. The highest BCUT2D eigenvalue weighted by Gasteiger charge is 2.36. The van der Waals surface area contributed by atoms with Crippen molar-refractivity contribution in [3.8, 4) is 0 Å². The van der Waals surface area contributed by atoms with Crippen LogP contribution >= 0.6 is 11.3 Å². The molecule has 2 amide bonds. The van der Waals surface area contributed by atoms with Crippen LogP contribution in [-0.4, -0.2) is 17.4 Å². The van der Waals surface area contributed by atoms with Crippen LogP contribution in [0.5, 0.6) is 0 Å². The van der Waals surface area contributed by atoms with Gasteiger partial charge < -0.3 is 16.4 Å². The molecule has 1 saturated carbocycles. The molecule has 0 bridgehead atoms. The first-order valence-corrected chi connectivity index (χ1v) is 8.50. The first-order chi connectivity index (χ1) is 11.1. The normalized spacial score (nSPS) is 16.0. The van der Waals surface area contributed by atoms with Gasteiger partial charge in [-0.2, -0.15) is 0 Å². The SMILES string of the molecule is NC1(C(=O)Nc2ccc(NC(=O)c3cccs3)cc2)CCCC1. The zero-order valence-corrected chi connectivity index (χ0v) is 13.5. The molecule has 4 N–H and O–H groups in total. The lowest BCUT2D eigenvalue weighted by molar-refractivity contribution is -0.121. The second-order valence-corrected chi connectivity index (χ2v) is 6.77. The Bertz CT molecular complexity index is 689. The largest absolute Gasteiger partial charge is 0.324 e. The van der Waals surface area contributed by atoms with Crippen molar-refractivity contribution in [3.05, 3.63) is 46.7 Å². The van der Waals surface area contributed by atoms with Crippen LogP contribution in [0.15, 0.2) is 41.8 Å². The Morgan fingerprint density at radius 2 is 1.61 bits per heavy atom. The molecule has 1 aromatic carbocycles. The van der Waals surface area contributed by atoms with E-state index in [2.05, 4.69) is 10.6 Å². The number of thiophene rings is 1. The van der Waals surface area contributed by atoms with E-state index >= 15 is 0 Å². The Morgan fingerprint density at radius 3 is 2.17 bits per heavy atom. The monoisotopic (exact) mass is 329 g/mol. The van der Waals surface area contributed by atoms with Crippen molar-refractivity contribution in [2.24, 2.45) is 5.73 Å². The predicted octanol–water partition coefficient (Wildman–Crippen LogP) is 3.21. The number of amides is 2. The molecule has 6 heteroatoms. The number of rotatable bonds is 4. The van der Waals surface area contributed by atoms with Crippen LogP contribution in [0.25, 0.3) is 0 Å². The van der Waals surface area contributed by atoms with Crippen molar-refractivity contribution in [2.75, 3.05) is 10.6 Å². The molecule has 1 aromatic heterocycles. The molecule has 0 aliphatic heterocycles. The highest BCUT2D eigenvalue weighted by molar-refractivity contribution is 7.12. The van der Waals surface area contributed by atoms with Crippen molar-refractivity contribution >= 4 is 34.5 Å². The van der Waals surface area contributed by atoms with E-state index in [4.69, 9.17) is 5.73 Å². The van der Waals surface area contributed by atoms with Gasteiger partial charge >= 0.3 is 0 Å². The van der Waals surface area contributed by atoms with Gasteiger partial charge in [-0.1, -0.05) is 18.9 Å². The summed E-state index contributed by atoms with van der Waals surface area (Å²) in [5, 5.41) is 7.54. The van der Waals surface area contributed by atoms with Gasteiger partial charge in [-0.05, 0) is 48.6 Å². The maximum atomic E-state index is 12.3. The minimum atomic E-state index is -0.744. The fourth-order valence-electron chi connectivity index (χ4n) is 2.73. The van der Waals surface area contributed by atoms with Crippen molar-refractivity contribution in [1.82, 2.24) is 0 Å². The number of hydrogen-bond donors (Lipinski definition) is 3. The third-order valence-corrected chi connectivity index (χ3v) is 4.96. The number of nitrogens with one attached hydrogen (secondary N) is 2. The topological polar surface area (TPSA) is 84.2 Å². The van der Waals surface area contributed by atoms with Gasteiger partial charge in [-0.25, -0.2) is 0 Å². The molecule has 0 saturated heterocycles. The van der Waals surface area contributed by atoms with Crippen LogP contribution < -0.4 is 16.4 Å². The molecule has 0 atom stereocenters. The average molecular weight is 329 g/mol. The molecular formula is C17H19N3O2S. The van der Waals surface area contributed by atoms with Crippen LogP contribution in [0, 0.1) is 0 Å². The minimum absolute atomic E-state index is 0.134. The number of carbonyl (C=O) groups excluding carboxylic acids is 2. The quantitative estimate of drug-likeness (QED) is 0.805. The van der Waals surface area contributed by atoms with E-state index in [9.17, 15) is 9.59 Å². The van der Waals surface area contributed by atoms with E-state index in [1.807, 2.05) is 11.4 Å². The van der Waals surface area contributed by atoms with Crippen LogP contribution in [-0.2, 0) is 4.79 Å². The summed E-state index contributed by atoms with van der Waals surface area (Å²) in [7, 11) is 0. The third kappa shape index (κ3) is 3.60. The van der Waals surface area contributed by atoms with Gasteiger partial charge in [0.25, 0.3) is 5.91 Å². The van der Waals surface area contributed by atoms with E-state index < -0.39 is 5.54 Å². The van der Waals surface area contributed by atoms with E-state index in [0.717, 1.165) is 25.7 Å². The highest BCUT2D eigenvalue weighted by atomic mass is 32.1. The first-order valence-electron chi connectivity index (χ1n) is 7.62. The molecule has 1 aliphatic rings. The van der Waals surface area contributed by atoms with Crippen LogP contribution in [0.3, 0.4) is 0 Å². The van der Waals surface area contributed by atoms with Crippen molar-refractivity contribution in [3.63, 3.8) is 0 Å². The molecule has 23 heavy (non-hydrogen) atoms. The van der Waals surface area contributed by atoms with Gasteiger partial charge in [0, 0.05) is 11.4 Å². The molecular weight excluding hydrogens is 310 g/mol. The predicted molar refractivity (Wildman–Crippen MR) is 92.7 cm³/mol. The lowest BCUT2D eigenvalue weighted by Crippen LogP contribution is -2.48. The molecule has 0 unspecified atom stereocenters. The second kappa shape index (κ2) is 6.52. The number of nitrogens with two attached hydrogens (primary N) is 1. The number of anilines is 2.